The Balaban J connectivity index is 1.25. The van der Waals surface area contributed by atoms with Crippen LogP contribution in [0.5, 0.6) is 0 Å². The molecule has 1 aliphatic carbocycles. The molecule has 1 fully saturated rings. The highest BCUT2D eigenvalue weighted by Crippen LogP contribution is 2.19. The van der Waals surface area contributed by atoms with Crippen LogP contribution in [-0.4, -0.2) is 46.5 Å². The number of rotatable bonds is 6. The maximum Gasteiger partial charge on any atom is 0.255 e. The van der Waals surface area contributed by atoms with Crippen LogP contribution in [0.15, 0.2) is 29.1 Å². The second-order valence-electron chi connectivity index (χ2n) is 9.07. The quantitative estimate of drug-likeness (QED) is 0.663. The number of aryl methyl sites for hydroxylation is 1. The van der Waals surface area contributed by atoms with Gasteiger partial charge in [0.1, 0.15) is 0 Å². The summed E-state index contributed by atoms with van der Waals surface area (Å²) in [6, 6.07) is 8.33. The Labute approximate surface area is 183 Å². The molecule has 0 bridgehead atoms. The van der Waals surface area contributed by atoms with Gasteiger partial charge in [0.05, 0.1) is 12.2 Å². The van der Waals surface area contributed by atoms with E-state index >= 15 is 0 Å². The Morgan fingerprint density at radius 1 is 1.16 bits per heavy atom. The van der Waals surface area contributed by atoms with Crippen molar-refractivity contribution in [1.29, 1.82) is 0 Å². The molecule has 4 rings (SSSR count). The zero-order valence-corrected chi connectivity index (χ0v) is 18.5. The van der Waals surface area contributed by atoms with Gasteiger partial charge in [0.2, 0.25) is 11.9 Å². The van der Waals surface area contributed by atoms with Gasteiger partial charge in [-0.1, -0.05) is 26.0 Å². The zero-order chi connectivity index (χ0) is 21.8. The first-order valence-electron chi connectivity index (χ1n) is 11.5. The first kappa shape index (κ1) is 21.6. The van der Waals surface area contributed by atoms with Crippen molar-refractivity contribution in [3.05, 3.63) is 51.4 Å². The van der Waals surface area contributed by atoms with Gasteiger partial charge in [-0.25, -0.2) is 4.98 Å². The Morgan fingerprint density at radius 2 is 1.87 bits per heavy atom. The average Bonchev–Trinajstić information content (AvgIpc) is 2.75. The number of benzene rings is 1. The van der Waals surface area contributed by atoms with Crippen molar-refractivity contribution in [2.45, 2.75) is 64.3 Å². The van der Waals surface area contributed by atoms with Crippen LogP contribution in [0.25, 0.3) is 0 Å². The third-order valence-corrected chi connectivity index (χ3v) is 6.35. The summed E-state index contributed by atoms with van der Waals surface area (Å²) in [5, 5.41) is 6.40. The summed E-state index contributed by atoms with van der Waals surface area (Å²) in [5.74, 6) is 1.09. The molecule has 1 saturated heterocycles. The number of H-pyrrole nitrogens is 1. The molecule has 2 aromatic rings. The summed E-state index contributed by atoms with van der Waals surface area (Å²) in [7, 11) is 0. The van der Waals surface area contributed by atoms with Crippen molar-refractivity contribution in [2.75, 3.05) is 30.3 Å². The number of aromatic amines is 1. The van der Waals surface area contributed by atoms with Crippen LogP contribution in [0.4, 0.5) is 11.6 Å². The lowest BCUT2D eigenvalue weighted by Gasteiger charge is -2.32. The molecule has 31 heavy (non-hydrogen) atoms. The molecule has 0 spiro atoms. The van der Waals surface area contributed by atoms with Crippen LogP contribution in [0, 0.1) is 0 Å². The SMILES string of the molecule is CC(C)c1ccc(NC(=O)CN2CCC(Nc3nc4c(c(=O)[nH]3)CCCC4)CC2)cc1. The Hall–Kier alpha value is -2.67. The molecule has 1 aromatic heterocycles. The summed E-state index contributed by atoms with van der Waals surface area (Å²) in [6.07, 6.45) is 5.72. The predicted octanol–water partition coefficient (Wildman–Crippen LogP) is 3.29. The molecule has 166 valence electrons. The lowest BCUT2D eigenvalue weighted by molar-refractivity contribution is -0.117. The summed E-state index contributed by atoms with van der Waals surface area (Å²) in [5.41, 5.74) is 3.92. The first-order valence-corrected chi connectivity index (χ1v) is 11.5. The van der Waals surface area contributed by atoms with E-state index in [0.717, 1.165) is 68.6 Å². The van der Waals surface area contributed by atoms with Crippen LogP contribution in [-0.2, 0) is 17.6 Å². The highest BCUT2D eigenvalue weighted by Gasteiger charge is 2.22. The van der Waals surface area contributed by atoms with E-state index in [0.29, 0.717) is 18.4 Å². The van der Waals surface area contributed by atoms with E-state index in [1.807, 2.05) is 12.1 Å². The third-order valence-electron chi connectivity index (χ3n) is 6.35. The molecule has 7 heteroatoms. The number of amides is 1. The second-order valence-corrected chi connectivity index (χ2v) is 9.07. The number of aromatic nitrogens is 2. The van der Waals surface area contributed by atoms with E-state index in [-0.39, 0.29) is 17.5 Å². The number of carbonyl (C=O) groups is 1. The van der Waals surface area contributed by atoms with E-state index < -0.39 is 0 Å². The number of nitrogens with zero attached hydrogens (tertiary/aromatic N) is 2. The predicted molar refractivity (Wildman–Crippen MR) is 124 cm³/mol. The molecule has 7 nitrogen and oxygen atoms in total. The van der Waals surface area contributed by atoms with Gasteiger partial charge >= 0.3 is 0 Å². The molecule has 1 aromatic carbocycles. The number of nitrogens with one attached hydrogen (secondary N) is 3. The Bertz CT molecular complexity index is 959. The summed E-state index contributed by atoms with van der Waals surface area (Å²) in [6.45, 7) is 6.39. The van der Waals surface area contributed by atoms with Crippen molar-refractivity contribution in [3.8, 4) is 0 Å². The Kier molecular flexibility index (Phi) is 6.70. The van der Waals surface area contributed by atoms with Gasteiger partial charge in [-0.2, -0.15) is 0 Å². The summed E-state index contributed by atoms with van der Waals surface area (Å²) >= 11 is 0. The molecule has 2 heterocycles. The van der Waals surface area contributed by atoms with Crippen LogP contribution >= 0.6 is 0 Å². The number of fused-ring (bicyclic) bond motifs is 1. The van der Waals surface area contributed by atoms with Crippen LogP contribution in [0.2, 0.25) is 0 Å². The second kappa shape index (κ2) is 9.64. The molecule has 0 saturated carbocycles. The topological polar surface area (TPSA) is 90.1 Å². The average molecular weight is 424 g/mol. The van der Waals surface area contributed by atoms with Gasteiger partial charge in [-0.3, -0.25) is 19.5 Å². The van der Waals surface area contributed by atoms with E-state index in [1.54, 1.807) is 0 Å². The van der Waals surface area contributed by atoms with Crippen molar-refractivity contribution in [3.63, 3.8) is 0 Å². The highest BCUT2D eigenvalue weighted by molar-refractivity contribution is 5.92. The van der Waals surface area contributed by atoms with Gasteiger partial charge in [-0.15, -0.1) is 0 Å². The largest absolute Gasteiger partial charge is 0.353 e. The summed E-state index contributed by atoms with van der Waals surface area (Å²) in [4.78, 5) is 34.5. The first-order chi connectivity index (χ1) is 15.0. The van der Waals surface area contributed by atoms with Crippen molar-refractivity contribution in [2.24, 2.45) is 0 Å². The third kappa shape index (κ3) is 5.53. The maximum absolute atomic E-state index is 12.4. The van der Waals surface area contributed by atoms with E-state index in [9.17, 15) is 9.59 Å². The van der Waals surface area contributed by atoms with Gasteiger partial charge in [0.25, 0.3) is 5.56 Å². The van der Waals surface area contributed by atoms with Crippen molar-refractivity contribution in [1.82, 2.24) is 14.9 Å². The number of anilines is 2. The van der Waals surface area contributed by atoms with Gasteiger partial charge in [-0.05, 0) is 62.1 Å². The van der Waals surface area contributed by atoms with E-state index in [1.165, 1.54) is 5.56 Å². The number of piperidine rings is 1. The van der Waals surface area contributed by atoms with Gasteiger partial charge < -0.3 is 10.6 Å². The van der Waals surface area contributed by atoms with Gasteiger partial charge in [0.15, 0.2) is 0 Å². The molecule has 3 N–H and O–H groups in total. The van der Waals surface area contributed by atoms with Gasteiger partial charge in [0, 0.05) is 30.4 Å². The Morgan fingerprint density at radius 3 is 2.58 bits per heavy atom. The van der Waals surface area contributed by atoms with E-state index in [4.69, 9.17) is 0 Å². The molecule has 1 amide bonds. The fourth-order valence-corrected chi connectivity index (χ4v) is 4.46. The molecule has 0 atom stereocenters. The lowest BCUT2D eigenvalue weighted by atomic mass is 9.97. The van der Waals surface area contributed by atoms with Crippen LogP contribution in [0.1, 0.15) is 62.3 Å². The zero-order valence-electron chi connectivity index (χ0n) is 18.5. The number of carbonyl (C=O) groups excluding carboxylic acids is 1. The fraction of sp³-hybridized carbons (Fsp3) is 0.542. The van der Waals surface area contributed by atoms with Crippen LogP contribution in [0.3, 0.4) is 0 Å². The molecule has 2 aliphatic rings. The maximum atomic E-state index is 12.4. The van der Waals surface area contributed by atoms with Crippen molar-refractivity contribution >= 4 is 17.5 Å². The highest BCUT2D eigenvalue weighted by atomic mass is 16.2. The molecular weight excluding hydrogens is 390 g/mol. The van der Waals surface area contributed by atoms with Crippen LogP contribution < -0.4 is 16.2 Å². The normalized spacial score (nSPS) is 17.4. The minimum absolute atomic E-state index is 0.00253. The summed E-state index contributed by atoms with van der Waals surface area (Å²) < 4.78 is 0. The standard InChI is InChI=1S/C24H33N5O2/c1-16(2)17-7-9-18(10-8-17)25-22(30)15-29-13-11-19(12-14-29)26-24-27-21-6-4-3-5-20(21)23(31)28-24/h7-10,16,19H,3-6,11-15H2,1-2H3,(H,25,30)(H2,26,27,28,31). The molecular formula is C24H33N5O2. The molecule has 0 radical (unpaired) electrons. The monoisotopic (exact) mass is 423 g/mol. The smallest absolute Gasteiger partial charge is 0.255 e. The number of likely N-dealkylation sites (tertiary alicyclic amines) is 1. The fourth-order valence-electron chi connectivity index (χ4n) is 4.46. The number of hydrogen-bond acceptors (Lipinski definition) is 5. The number of hydrogen-bond donors (Lipinski definition) is 3. The molecule has 1 aliphatic heterocycles. The minimum atomic E-state index is 0.00253. The van der Waals surface area contributed by atoms with Crippen molar-refractivity contribution < 1.29 is 4.79 Å². The molecule has 0 unspecified atom stereocenters. The lowest BCUT2D eigenvalue weighted by Crippen LogP contribution is -2.43. The minimum Gasteiger partial charge on any atom is -0.353 e. The van der Waals surface area contributed by atoms with E-state index in [2.05, 4.69) is 51.5 Å².